The van der Waals surface area contributed by atoms with E-state index in [9.17, 15) is 14.3 Å². The molecule has 1 saturated heterocycles. The van der Waals surface area contributed by atoms with Crippen LogP contribution in [0, 0.1) is 0 Å². The first kappa shape index (κ1) is 13.2. The number of ether oxygens (including phenoxy) is 1. The number of aliphatic hydroxyl groups is 1. The number of nitrogens with zero attached hydrogens (tertiary/aromatic N) is 1. The number of carbonyl (C=O) groups excluding carboxylic acids is 1. The standard InChI is InChI=1S/C11H20FNO3/c1-10(2,3)16-9(15)13-6-5-8(14)11(4,12)7-13/h8,14H,5-7H2,1-4H3. The molecule has 0 saturated carbocycles. The van der Waals surface area contributed by atoms with Crippen LogP contribution in [0.1, 0.15) is 34.1 Å². The van der Waals surface area contributed by atoms with Gasteiger partial charge in [-0.1, -0.05) is 0 Å². The summed E-state index contributed by atoms with van der Waals surface area (Å²) in [6, 6.07) is 0. The quantitative estimate of drug-likeness (QED) is 0.693. The summed E-state index contributed by atoms with van der Waals surface area (Å²) in [6.07, 6.45) is -1.29. The summed E-state index contributed by atoms with van der Waals surface area (Å²) in [5.74, 6) is 0. The van der Waals surface area contributed by atoms with Crippen LogP contribution < -0.4 is 0 Å². The van der Waals surface area contributed by atoms with Gasteiger partial charge in [-0.2, -0.15) is 0 Å². The number of aliphatic hydroxyl groups excluding tert-OH is 1. The summed E-state index contributed by atoms with van der Waals surface area (Å²) in [6.45, 7) is 6.79. The number of halogens is 1. The van der Waals surface area contributed by atoms with Crippen molar-refractivity contribution in [2.24, 2.45) is 0 Å². The van der Waals surface area contributed by atoms with Crippen LogP contribution >= 0.6 is 0 Å². The molecule has 2 atom stereocenters. The maximum absolute atomic E-state index is 13.8. The minimum atomic E-state index is -1.75. The minimum Gasteiger partial charge on any atom is -0.444 e. The van der Waals surface area contributed by atoms with E-state index in [4.69, 9.17) is 4.74 Å². The fourth-order valence-electron chi connectivity index (χ4n) is 1.62. The van der Waals surface area contributed by atoms with Gasteiger partial charge in [0.15, 0.2) is 5.67 Å². The molecule has 0 spiro atoms. The zero-order chi connectivity index (χ0) is 12.6. The molecular weight excluding hydrogens is 213 g/mol. The van der Waals surface area contributed by atoms with Crippen LogP contribution in [-0.4, -0.2) is 46.6 Å². The van der Waals surface area contributed by atoms with E-state index in [0.717, 1.165) is 0 Å². The van der Waals surface area contributed by atoms with Crippen molar-refractivity contribution < 1.29 is 19.0 Å². The molecule has 2 unspecified atom stereocenters. The van der Waals surface area contributed by atoms with Crippen molar-refractivity contribution in [1.82, 2.24) is 4.90 Å². The number of hydrogen-bond donors (Lipinski definition) is 1. The van der Waals surface area contributed by atoms with E-state index in [0.29, 0.717) is 6.54 Å². The highest BCUT2D eigenvalue weighted by atomic mass is 19.1. The van der Waals surface area contributed by atoms with Crippen LogP contribution in [-0.2, 0) is 4.74 Å². The lowest BCUT2D eigenvalue weighted by molar-refractivity contribution is -0.0623. The number of rotatable bonds is 0. The van der Waals surface area contributed by atoms with Crippen molar-refractivity contribution in [3.63, 3.8) is 0 Å². The lowest BCUT2D eigenvalue weighted by Crippen LogP contribution is -2.54. The predicted molar refractivity (Wildman–Crippen MR) is 57.9 cm³/mol. The molecule has 1 fully saturated rings. The SMILES string of the molecule is CC(C)(C)OC(=O)N1CCC(O)C(C)(F)C1. The Morgan fingerprint density at radius 3 is 2.56 bits per heavy atom. The largest absolute Gasteiger partial charge is 0.444 e. The average molecular weight is 233 g/mol. The molecule has 1 amide bonds. The molecule has 1 rings (SSSR count). The maximum Gasteiger partial charge on any atom is 0.410 e. The summed E-state index contributed by atoms with van der Waals surface area (Å²) >= 11 is 0. The van der Waals surface area contributed by atoms with Gasteiger partial charge in [0.25, 0.3) is 0 Å². The zero-order valence-corrected chi connectivity index (χ0v) is 10.3. The summed E-state index contributed by atoms with van der Waals surface area (Å²) in [5.41, 5.74) is -2.34. The molecule has 1 aliphatic heterocycles. The van der Waals surface area contributed by atoms with Crippen LogP contribution in [0.4, 0.5) is 9.18 Å². The van der Waals surface area contributed by atoms with Gasteiger partial charge in [-0.25, -0.2) is 9.18 Å². The second-order valence-electron chi connectivity index (χ2n) is 5.48. The van der Waals surface area contributed by atoms with Crippen LogP contribution in [0.5, 0.6) is 0 Å². The third-order valence-corrected chi connectivity index (χ3v) is 2.52. The van der Waals surface area contributed by atoms with E-state index in [1.54, 1.807) is 20.8 Å². The molecule has 1 N–H and O–H groups in total. The Balaban J connectivity index is 2.60. The Bertz CT molecular complexity index is 273. The number of carbonyl (C=O) groups is 1. The Kier molecular flexibility index (Phi) is 3.47. The monoisotopic (exact) mass is 233 g/mol. The van der Waals surface area contributed by atoms with Gasteiger partial charge in [0.05, 0.1) is 12.6 Å². The van der Waals surface area contributed by atoms with E-state index in [1.807, 2.05) is 0 Å². The molecule has 5 heteroatoms. The van der Waals surface area contributed by atoms with Gasteiger partial charge in [0.2, 0.25) is 0 Å². The first-order valence-corrected chi connectivity index (χ1v) is 5.47. The fraction of sp³-hybridized carbons (Fsp3) is 0.909. The summed E-state index contributed by atoms with van der Waals surface area (Å²) < 4.78 is 19.0. The first-order chi connectivity index (χ1) is 7.12. The zero-order valence-electron chi connectivity index (χ0n) is 10.3. The van der Waals surface area contributed by atoms with Gasteiger partial charge in [-0.15, -0.1) is 0 Å². The minimum absolute atomic E-state index is 0.122. The predicted octanol–water partition coefficient (Wildman–Crippen LogP) is 1.72. The second-order valence-corrected chi connectivity index (χ2v) is 5.48. The van der Waals surface area contributed by atoms with Crippen LogP contribution in [0.2, 0.25) is 0 Å². The Labute approximate surface area is 95.4 Å². The van der Waals surface area contributed by atoms with Crippen molar-refractivity contribution in [2.75, 3.05) is 13.1 Å². The normalized spacial score (nSPS) is 31.4. The molecule has 0 aliphatic carbocycles. The smallest absolute Gasteiger partial charge is 0.410 e. The van der Waals surface area contributed by atoms with Crippen molar-refractivity contribution >= 4 is 6.09 Å². The summed E-state index contributed by atoms with van der Waals surface area (Å²) in [7, 11) is 0. The van der Waals surface area contributed by atoms with Crippen molar-refractivity contribution in [2.45, 2.75) is 51.5 Å². The van der Waals surface area contributed by atoms with E-state index in [1.165, 1.54) is 11.8 Å². The Hall–Kier alpha value is -0.840. The molecule has 0 aromatic rings. The van der Waals surface area contributed by atoms with E-state index in [-0.39, 0.29) is 13.0 Å². The molecule has 1 aliphatic rings. The highest BCUT2D eigenvalue weighted by Crippen LogP contribution is 2.26. The third kappa shape index (κ3) is 3.33. The fourth-order valence-corrected chi connectivity index (χ4v) is 1.62. The van der Waals surface area contributed by atoms with Crippen molar-refractivity contribution in [3.8, 4) is 0 Å². The molecule has 0 radical (unpaired) electrons. The first-order valence-electron chi connectivity index (χ1n) is 5.47. The molecule has 0 aromatic carbocycles. The topological polar surface area (TPSA) is 49.8 Å². The van der Waals surface area contributed by atoms with Gasteiger partial charge in [-0.05, 0) is 34.1 Å². The van der Waals surface area contributed by atoms with Crippen LogP contribution in [0.25, 0.3) is 0 Å². The van der Waals surface area contributed by atoms with Gasteiger partial charge < -0.3 is 14.7 Å². The number of piperidine rings is 1. The highest BCUT2D eigenvalue weighted by Gasteiger charge is 2.41. The number of hydrogen-bond acceptors (Lipinski definition) is 3. The van der Waals surface area contributed by atoms with Gasteiger partial charge in [0.1, 0.15) is 5.60 Å². The van der Waals surface area contributed by atoms with E-state index < -0.39 is 23.5 Å². The molecule has 94 valence electrons. The molecule has 16 heavy (non-hydrogen) atoms. The molecule has 0 aromatic heterocycles. The van der Waals surface area contributed by atoms with Gasteiger partial charge in [-0.3, -0.25) is 0 Å². The van der Waals surface area contributed by atoms with E-state index in [2.05, 4.69) is 0 Å². The Morgan fingerprint density at radius 2 is 2.12 bits per heavy atom. The molecule has 4 nitrogen and oxygen atoms in total. The second kappa shape index (κ2) is 4.20. The third-order valence-electron chi connectivity index (χ3n) is 2.52. The Morgan fingerprint density at radius 1 is 1.56 bits per heavy atom. The molecule has 1 heterocycles. The van der Waals surface area contributed by atoms with Crippen LogP contribution in [0.15, 0.2) is 0 Å². The van der Waals surface area contributed by atoms with Gasteiger partial charge in [0, 0.05) is 6.54 Å². The maximum atomic E-state index is 13.8. The average Bonchev–Trinajstić information content (AvgIpc) is 2.06. The van der Waals surface area contributed by atoms with Gasteiger partial charge >= 0.3 is 6.09 Å². The number of likely N-dealkylation sites (tertiary alicyclic amines) is 1. The molecular formula is C11H20FNO3. The van der Waals surface area contributed by atoms with Crippen molar-refractivity contribution in [3.05, 3.63) is 0 Å². The lowest BCUT2D eigenvalue weighted by atomic mass is 9.94. The number of alkyl halides is 1. The molecule has 0 bridgehead atoms. The summed E-state index contributed by atoms with van der Waals surface area (Å²) in [4.78, 5) is 13.0. The van der Waals surface area contributed by atoms with Crippen LogP contribution in [0.3, 0.4) is 0 Å². The van der Waals surface area contributed by atoms with Crippen molar-refractivity contribution in [1.29, 1.82) is 0 Å². The number of amides is 1. The van der Waals surface area contributed by atoms with E-state index >= 15 is 0 Å². The highest BCUT2D eigenvalue weighted by molar-refractivity contribution is 5.68. The lowest BCUT2D eigenvalue weighted by Gasteiger charge is -2.39. The summed E-state index contributed by atoms with van der Waals surface area (Å²) in [5, 5.41) is 9.42.